The van der Waals surface area contributed by atoms with E-state index in [0.29, 0.717) is 12.3 Å². The number of aromatic nitrogens is 3. The molecule has 5 nitrogen and oxygen atoms in total. The van der Waals surface area contributed by atoms with E-state index in [1.165, 1.54) is 5.56 Å². The number of benzene rings is 1. The van der Waals surface area contributed by atoms with Crippen molar-refractivity contribution in [1.29, 1.82) is 0 Å². The van der Waals surface area contributed by atoms with Gasteiger partial charge >= 0.3 is 5.97 Å². The highest BCUT2D eigenvalue weighted by Gasteiger charge is 2.18. The van der Waals surface area contributed by atoms with Gasteiger partial charge in [0.1, 0.15) is 5.69 Å². The van der Waals surface area contributed by atoms with E-state index in [9.17, 15) is 4.79 Å². The molecule has 0 spiro atoms. The number of hydrogen-bond acceptors (Lipinski definition) is 5. The second-order valence-corrected chi connectivity index (χ2v) is 5.11. The van der Waals surface area contributed by atoms with Gasteiger partial charge in [0.15, 0.2) is 5.69 Å². The van der Waals surface area contributed by atoms with Crippen molar-refractivity contribution >= 4 is 17.3 Å². The Morgan fingerprint density at radius 3 is 2.57 bits per heavy atom. The topological polar surface area (TPSA) is 67.9 Å². The summed E-state index contributed by atoms with van der Waals surface area (Å²) in [5.74, 6) is -0.469. The summed E-state index contributed by atoms with van der Waals surface area (Å²) in [5.41, 5.74) is 3.84. The highest BCUT2D eigenvalue weighted by atomic mass is 32.1. The van der Waals surface area contributed by atoms with Crippen molar-refractivity contribution in [3.05, 3.63) is 46.8 Å². The fraction of sp³-hybridized carbons (Fsp3) is 0.133. The summed E-state index contributed by atoms with van der Waals surface area (Å²) in [6, 6.07) is 9.92. The second kappa shape index (κ2) is 5.88. The van der Waals surface area contributed by atoms with Crippen LogP contribution in [0.1, 0.15) is 17.4 Å². The number of nitrogens with zero attached hydrogens (tertiary/aromatic N) is 2. The monoisotopic (exact) mass is 299 g/mol. The summed E-state index contributed by atoms with van der Waals surface area (Å²) in [6.45, 7) is 2.07. The summed E-state index contributed by atoms with van der Waals surface area (Å²) in [7, 11) is 0. The molecule has 0 unspecified atom stereocenters. The van der Waals surface area contributed by atoms with Crippen molar-refractivity contribution < 1.29 is 9.53 Å². The van der Waals surface area contributed by atoms with Crippen LogP contribution in [-0.2, 0) is 4.74 Å². The van der Waals surface area contributed by atoms with Crippen molar-refractivity contribution in [3.63, 3.8) is 0 Å². The van der Waals surface area contributed by atoms with Gasteiger partial charge in [-0.2, -0.15) is 21.6 Å². The molecule has 1 N–H and O–H groups in total. The fourth-order valence-corrected chi connectivity index (χ4v) is 2.69. The second-order valence-electron chi connectivity index (χ2n) is 4.33. The number of H-pyrrole nitrogens is 1. The van der Waals surface area contributed by atoms with Crippen LogP contribution in [0.25, 0.3) is 22.4 Å². The lowest BCUT2D eigenvalue weighted by atomic mass is 10.0. The highest BCUT2D eigenvalue weighted by molar-refractivity contribution is 7.08. The number of carbonyl (C=O) groups is 1. The van der Waals surface area contributed by atoms with E-state index in [4.69, 9.17) is 4.74 Å². The number of hydrogen-bond donors (Lipinski definition) is 1. The maximum absolute atomic E-state index is 11.8. The average Bonchev–Trinajstić information content (AvgIpc) is 3.19. The molecule has 0 saturated heterocycles. The molecule has 2 aromatic heterocycles. The van der Waals surface area contributed by atoms with Crippen molar-refractivity contribution in [2.45, 2.75) is 6.92 Å². The van der Waals surface area contributed by atoms with Crippen LogP contribution in [0.3, 0.4) is 0 Å². The minimum absolute atomic E-state index is 0.208. The lowest BCUT2D eigenvalue weighted by Crippen LogP contribution is -2.06. The number of ether oxygens (including phenoxy) is 1. The van der Waals surface area contributed by atoms with Crippen LogP contribution in [-0.4, -0.2) is 28.0 Å². The van der Waals surface area contributed by atoms with Gasteiger partial charge in [-0.1, -0.05) is 24.3 Å². The molecular weight excluding hydrogens is 286 g/mol. The van der Waals surface area contributed by atoms with Crippen molar-refractivity contribution in [1.82, 2.24) is 15.4 Å². The first-order chi connectivity index (χ1) is 10.3. The van der Waals surface area contributed by atoms with Crippen LogP contribution in [0.4, 0.5) is 0 Å². The third-order valence-electron chi connectivity index (χ3n) is 3.03. The Hall–Kier alpha value is -2.47. The number of rotatable bonds is 4. The van der Waals surface area contributed by atoms with Crippen LogP contribution >= 0.6 is 11.3 Å². The minimum Gasteiger partial charge on any atom is -0.461 e. The zero-order valence-corrected chi connectivity index (χ0v) is 12.2. The third-order valence-corrected chi connectivity index (χ3v) is 3.71. The SMILES string of the molecule is CCOC(=O)c1n[nH]nc1-c1ccc(-c2ccsc2)cc1. The molecule has 2 heterocycles. The molecule has 0 aliphatic heterocycles. The molecule has 0 aliphatic rings. The van der Waals surface area contributed by atoms with Crippen LogP contribution < -0.4 is 0 Å². The van der Waals surface area contributed by atoms with E-state index in [0.717, 1.165) is 11.1 Å². The zero-order chi connectivity index (χ0) is 14.7. The van der Waals surface area contributed by atoms with E-state index in [2.05, 4.69) is 26.9 Å². The molecule has 21 heavy (non-hydrogen) atoms. The number of thiophene rings is 1. The Bertz CT molecular complexity index is 733. The molecule has 3 rings (SSSR count). The van der Waals surface area contributed by atoms with Gasteiger partial charge in [0.2, 0.25) is 0 Å². The van der Waals surface area contributed by atoms with E-state index in [1.54, 1.807) is 18.3 Å². The molecular formula is C15H13N3O2S. The molecule has 1 aromatic carbocycles. The number of nitrogens with one attached hydrogen (secondary N) is 1. The number of aromatic amines is 1. The molecule has 0 bridgehead atoms. The summed E-state index contributed by atoms with van der Waals surface area (Å²) in [5, 5.41) is 14.5. The summed E-state index contributed by atoms with van der Waals surface area (Å²) < 4.78 is 4.97. The third kappa shape index (κ3) is 2.71. The standard InChI is InChI=1S/C15H13N3O2S/c1-2-20-15(19)14-13(16-18-17-14)11-5-3-10(4-6-11)12-7-8-21-9-12/h3-9H,2H2,1H3,(H,16,17,18). The Morgan fingerprint density at radius 1 is 1.14 bits per heavy atom. The van der Waals surface area contributed by atoms with Gasteiger partial charge in [0.05, 0.1) is 6.61 Å². The Balaban J connectivity index is 1.91. The Labute approximate surface area is 125 Å². The lowest BCUT2D eigenvalue weighted by molar-refractivity contribution is 0.0520. The van der Waals surface area contributed by atoms with Gasteiger partial charge in [0.25, 0.3) is 0 Å². The first-order valence-corrected chi connectivity index (χ1v) is 7.44. The maximum atomic E-state index is 11.8. The average molecular weight is 299 g/mol. The Kier molecular flexibility index (Phi) is 3.79. The van der Waals surface area contributed by atoms with Gasteiger partial charge in [0, 0.05) is 5.56 Å². The Morgan fingerprint density at radius 2 is 1.90 bits per heavy atom. The number of esters is 1. The van der Waals surface area contributed by atoms with E-state index in [-0.39, 0.29) is 5.69 Å². The van der Waals surface area contributed by atoms with Gasteiger partial charge in [-0.25, -0.2) is 4.79 Å². The first kappa shape index (κ1) is 13.5. The van der Waals surface area contributed by atoms with E-state index < -0.39 is 5.97 Å². The van der Waals surface area contributed by atoms with Crippen LogP contribution in [0, 0.1) is 0 Å². The van der Waals surface area contributed by atoms with Crippen LogP contribution in [0.2, 0.25) is 0 Å². The first-order valence-electron chi connectivity index (χ1n) is 6.50. The molecule has 0 amide bonds. The largest absolute Gasteiger partial charge is 0.461 e. The summed E-state index contributed by atoms with van der Waals surface area (Å²) in [6.07, 6.45) is 0. The van der Waals surface area contributed by atoms with Crippen molar-refractivity contribution in [3.8, 4) is 22.4 Å². The molecule has 0 saturated carbocycles. The van der Waals surface area contributed by atoms with E-state index in [1.807, 2.05) is 29.6 Å². The quantitative estimate of drug-likeness (QED) is 0.750. The van der Waals surface area contributed by atoms with Crippen molar-refractivity contribution in [2.75, 3.05) is 6.61 Å². The fourth-order valence-electron chi connectivity index (χ4n) is 2.02. The predicted octanol–water partition coefficient (Wildman–Crippen LogP) is 3.38. The molecule has 6 heteroatoms. The summed E-state index contributed by atoms with van der Waals surface area (Å²) in [4.78, 5) is 11.8. The lowest BCUT2D eigenvalue weighted by Gasteiger charge is -2.03. The van der Waals surface area contributed by atoms with Gasteiger partial charge < -0.3 is 4.74 Å². The molecule has 106 valence electrons. The molecule has 0 atom stereocenters. The molecule has 0 fully saturated rings. The van der Waals surface area contributed by atoms with Gasteiger partial charge in [-0.3, -0.25) is 0 Å². The molecule has 3 aromatic rings. The minimum atomic E-state index is -0.469. The highest BCUT2D eigenvalue weighted by Crippen LogP contribution is 2.26. The summed E-state index contributed by atoms with van der Waals surface area (Å²) >= 11 is 1.66. The normalized spacial score (nSPS) is 10.5. The predicted molar refractivity (Wildman–Crippen MR) is 81.1 cm³/mol. The van der Waals surface area contributed by atoms with E-state index >= 15 is 0 Å². The zero-order valence-electron chi connectivity index (χ0n) is 11.4. The van der Waals surface area contributed by atoms with Crippen molar-refractivity contribution in [2.24, 2.45) is 0 Å². The van der Waals surface area contributed by atoms with Gasteiger partial charge in [-0.15, -0.1) is 5.10 Å². The molecule has 0 aliphatic carbocycles. The van der Waals surface area contributed by atoms with Crippen LogP contribution in [0.15, 0.2) is 41.1 Å². The van der Waals surface area contributed by atoms with Crippen LogP contribution in [0.5, 0.6) is 0 Å². The maximum Gasteiger partial charge on any atom is 0.361 e. The van der Waals surface area contributed by atoms with Gasteiger partial charge in [-0.05, 0) is 34.9 Å². The smallest absolute Gasteiger partial charge is 0.361 e. The molecule has 0 radical (unpaired) electrons. The number of carbonyl (C=O) groups excluding carboxylic acids is 1.